The molecule has 1 atom stereocenters. The maximum Gasteiger partial charge on any atom is 0.419 e. The van der Waals surface area contributed by atoms with E-state index in [0.717, 1.165) is 6.07 Å². The summed E-state index contributed by atoms with van der Waals surface area (Å²) in [5.41, 5.74) is -0.238. The van der Waals surface area contributed by atoms with E-state index in [-0.39, 0.29) is 30.8 Å². The summed E-state index contributed by atoms with van der Waals surface area (Å²) in [7, 11) is 0. The van der Waals surface area contributed by atoms with Crippen molar-refractivity contribution < 1.29 is 22.7 Å². The van der Waals surface area contributed by atoms with Crippen LogP contribution < -0.4 is 4.90 Å². The number of hydrogen-bond acceptors (Lipinski definition) is 4. The molecule has 2 aromatic rings. The maximum atomic E-state index is 14.0. The van der Waals surface area contributed by atoms with Crippen LogP contribution in [0.5, 0.6) is 0 Å². The average molecular weight is 383 g/mol. The molecule has 1 saturated heterocycles. The van der Waals surface area contributed by atoms with E-state index in [9.17, 15) is 22.7 Å². The van der Waals surface area contributed by atoms with Gasteiger partial charge in [-0.15, -0.1) is 0 Å². The number of aliphatic hydroxyl groups is 1. The summed E-state index contributed by atoms with van der Waals surface area (Å²) in [6.45, 7) is 1.33. The molecule has 146 valence electrons. The molecule has 0 aliphatic carbocycles. The van der Waals surface area contributed by atoms with Gasteiger partial charge in [-0.05, 0) is 24.6 Å². The molecule has 4 nitrogen and oxygen atoms in total. The van der Waals surface area contributed by atoms with Crippen molar-refractivity contribution in [2.24, 2.45) is 0 Å². The van der Waals surface area contributed by atoms with Crippen LogP contribution in [0, 0.1) is 5.82 Å². The second-order valence-corrected chi connectivity index (χ2v) is 6.55. The number of anilines is 1. The zero-order chi connectivity index (χ0) is 19.4. The van der Waals surface area contributed by atoms with E-state index in [0.29, 0.717) is 31.6 Å². The minimum atomic E-state index is -4.49. The highest BCUT2D eigenvalue weighted by Gasteiger charge is 2.37. The van der Waals surface area contributed by atoms with Gasteiger partial charge in [0.25, 0.3) is 0 Å². The van der Waals surface area contributed by atoms with Gasteiger partial charge in [0, 0.05) is 50.6 Å². The van der Waals surface area contributed by atoms with Gasteiger partial charge in [-0.25, -0.2) is 9.37 Å². The summed E-state index contributed by atoms with van der Waals surface area (Å²) < 4.78 is 53.9. The van der Waals surface area contributed by atoms with Crippen molar-refractivity contribution in [1.82, 2.24) is 9.88 Å². The second-order valence-electron chi connectivity index (χ2n) is 6.55. The lowest BCUT2D eigenvalue weighted by Crippen LogP contribution is -2.53. The van der Waals surface area contributed by atoms with E-state index in [1.807, 2.05) is 4.90 Å². The van der Waals surface area contributed by atoms with E-state index in [4.69, 9.17) is 0 Å². The molecule has 1 fully saturated rings. The Hall–Kier alpha value is -2.19. The Morgan fingerprint density at radius 1 is 1.11 bits per heavy atom. The molecule has 3 rings (SSSR count). The van der Waals surface area contributed by atoms with Crippen molar-refractivity contribution in [2.75, 3.05) is 31.1 Å². The van der Waals surface area contributed by atoms with Crippen LogP contribution in [0.1, 0.15) is 17.5 Å². The summed E-state index contributed by atoms with van der Waals surface area (Å²) >= 11 is 0. The topological polar surface area (TPSA) is 39.6 Å². The minimum Gasteiger partial charge on any atom is -0.396 e. The van der Waals surface area contributed by atoms with Gasteiger partial charge in [0.15, 0.2) is 0 Å². The molecular formula is C19H21F4N3O. The molecule has 27 heavy (non-hydrogen) atoms. The zero-order valence-electron chi connectivity index (χ0n) is 14.7. The van der Waals surface area contributed by atoms with Crippen LogP contribution in [-0.4, -0.2) is 47.3 Å². The Labute approximate surface area is 155 Å². The highest BCUT2D eigenvalue weighted by molar-refractivity contribution is 5.49. The zero-order valence-corrected chi connectivity index (χ0v) is 14.7. The molecule has 0 spiro atoms. The van der Waals surface area contributed by atoms with Crippen molar-refractivity contribution in [1.29, 1.82) is 0 Å². The van der Waals surface area contributed by atoms with Gasteiger partial charge in [0.1, 0.15) is 11.6 Å². The van der Waals surface area contributed by atoms with Gasteiger partial charge in [-0.1, -0.05) is 18.2 Å². The molecule has 0 radical (unpaired) electrons. The third kappa shape index (κ3) is 4.56. The molecule has 1 N–H and O–H groups in total. The average Bonchev–Trinajstić information content (AvgIpc) is 2.64. The lowest BCUT2D eigenvalue weighted by atomic mass is 10.1. The van der Waals surface area contributed by atoms with Crippen LogP contribution in [-0.2, 0) is 12.7 Å². The van der Waals surface area contributed by atoms with E-state index in [1.165, 1.54) is 18.3 Å². The largest absolute Gasteiger partial charge is 0.419 e. The third-order valence-electron chi connectivity index (χ3n) is 4.79. The summed E-state index contributed by atoms with van der Waals surface area (Å²) in [4.78, 5) is 7.55. The molecule has 0 amide bonds. The summed E-state index contributed by atoms with van der Waals surface area (Å²) in [5.74, 6) is -0.412. The number of piperazine rings is 1. The number of aromatic nitrogens is 1. The number of rotatable bonds is 5. The molecule has 1 aliphatic heterocycles. The Bertz CT molecular complexity index is 769. The number of halogens is 4. The normalized spacial score (nSPS) is 18.7. The van der Waals surface area contributed by atoms with Crippen molar-refractivity contribution >= 4 is 5.82 Å². The van der Waals surface area contributed by atoms with Crippen molar-refractivity contribution in [3.05, 3.63) is 59.5 Å². The minimum absolute atomic E-state index is 0.0966. The number of nitrogens with zero attached hydrogens (tertiary/aromatic N) is 3. The number of pyridine rings is 1. The predicted molar refractivity (Wildman–Crippen MR) is 93.8 cm³/mol. The highest BCUT2D eigenvalue weighted by atomic mass is 19.4. The summed E-state index contributed by atoms with van der Waals surface area (Å²) in [5, 5.41) is 9.38. The highest BCUT2D eigenvalue weighted by Crippen LogP contribution is 2.36. The first-order valence-electron chi connectivity index (χ1n) is 8.75. The van der Waals surface area contributed by atoms with Gasteiger partial charge in [-0.2, -0.15) is 13.2 Å². The first kappa shape index (κ1) is 19.6. The van der Waals surface area contributed by atoms with Crippen LogP contribution >= 0.6 is 0 Å². The molecule has 0 unspecified atom stereocenters. The molecule has 0 saturated carbocycles. The lowest BCUT2D eigenvalue weighted by Gasteiger charge is -2.42. The molecule has 1 aromatic heterocycles. The predicted octanol–water partition coefficient (Wildman–Crippen LogP) is 3.31. The van der Waals surface area contributed by atoms with Crippen LogP contribution in [0.2, 0.25) is 0 Å². The fourth-order valence-corrected chi connectivity index (χ4v) is 3.43. The first-order chi connectivity index (χ1) is 12.9. The quantitative estimate of drug-likeness (QED) is 0.805. The summed E-state index contributed by atoms with van der Waals surface area (Å²) in [6, 6.07) is 8.53. The second kappa shape index (κ2) is 8.22. The summed E-state index contributed by atoms with van der Waals surface area (Å²) in [6.07, 6.45) is -2.75. The number of aliphatic hydroxyl groups excluding tert-OH is 1. The van der Waals surface area contributed by atoms with Crippen LogP contribution in [0.3, 0.4) is 0 Å². The van der Waals surface area contributed by atoms with E-state index < -0.39 is 11.7 Å². The maximum absolute atomic E-state index is 14.0. The van der Waals surface area contributed by atoms with Crippen LogP contribution in [0.25, 0.3) is 0 Å². The van der Waals surface area contributed by atoms with E-state index in [1.54, 1.807) is 23.1 Å². The number of benzene rings is 1. The van der Waals surface area contributed by atoms with E-state index >= 15 is 0 Å². The smallest absolute Gasteiger partial charge is 0.396 e. The van der Waals surface area contributed by atoms with Gasteiger partial charge in [-0.3, -0.25) is 4.90 Å². The Kier molecular flexibility index (Phi) is 5.96. The molecule has 8 heteroatoms. The van der Waals surface area contributed by atoms with E-state index in [2.05, 4.69) is 4.98 Å². The van der Waals surface area contributed by atoms with Gasteiger partial charge >= 0.3 is 6.18 Å². The monoisotopic (exact) mass is 383 g/mol. The number of hydrogen-bond donors (Lipinski definition) is 1. The molecular weight excluding hydrogens is 362 g/mol. The standard InChI is InChI=1S/C19H21F4N3O/c20-17-6-2-1-4-14(17)12-25-9-10-26(13-15(25)7-11-27)18-16(19(21,22)23)5-3-8-24-18/h1-6,8,15,27H,7,9-13H2/t15-/m1/s1. The first-order valence-corrected chi connectivity index (χ1v) is 8.75. The lowest BCUT2D eigenvalue weighted by molar-refractivity contribution is -0.137. The third-order valence-corrected chi connectivity index (χ3v) is 4.79. The van der Waals surface area contributed by atoms with Gasteiger partial charge < -0.3 is 10.0 Å². The SMILES string of the molecule is OCC[C@@H]1CN(c2ncccc2C(F)(F)F)CCN1Cc1ccccc1F. The molecule has 1 aliphatic rings. The fraction of sp³-hybridized carbons (Fsp3) is 0.421. The van der Waals surface area contributed by atoms with Crippen molar-refractivity contribution in [3.8, 4) is 0 Å². The Morgan fingerprint density at radius 3 is 2.59 bits per heavy atom. The number of alkyl halides is 3. The fourth-order valence-electron chi connectivity index (χ4n) is 3.43. The Balaban J connectivity index is 1.80. The van der Waals surface area contributed by atoms with Crippen molar-refractivity contribution in [3.63, 3.8) is 0 Å². The van der Waals surface area contributed by atoms with Gasteiger partial charge in [0.2, 0.25) is 0 Å². The molecule has 1 aromatic carbocycles. The Morgan fingerprint density at radius 2 is 1.89 bits per heavy atom. The van der Waals surface area contributed by atoms with Crippen LogP contribution in [0.4, 0.5) is 23.4 Å². The molecule has 2 heterocycles. The van der Waals surface area contributed by atoms with Crippen LogP contribution in [0.15, 0.2) is 42.6 Å². The molecule has 0 bridgehead atoms. The van der Waals surface area contributed by atoms with Gasteiger partial charge in [0.05, 0.1) is 5.56 Å². The van der Waals surface area contributed by atoms with Crippen molar-refractivity contribution in [2.45, 2.75) is 25.2 Å².